The van der Waals surface area contributed by atoms with E-state index < -0.39 is 0 Å². The first-order chi connectivity index (χ1) is 8.68. The third-order valence-electron chi connectivity index (χ3n) is 3.97. The summed E-state index contributed by atoms with van der Waals surface area (Å²) in [5.41, 5.74) is 6.50. The molecule has 1 heterocycles. The number of hydrogen-bond acceptors (Lipinski definition) is 3. The molecule has 1 aliphatic carbocycles. The third-order valence-corrected chi connectivity index (χ3v) is 3.97. The fraction of sp³-hybridized carbons (Fsp3) is 0.571. The van der Waals surface area contributed by atoms with Gasteiger partial charge in [0.1, 0.15) is 0 Å². The van der Waals surface area contributed by atoms with E-state index in [1.807, 2.05) is 19.1 Å². The van der Waals surface area contributed by atoms with E-state index in [9.17, 15) is 4.79 Å². The summed E-state index contributed by atoms with van der Waals surface area (Å²) in [4.78, 5) is 16.4. The van der Waals surface area contributed by atoms with Crippen LogP contribution >= 0.6 is 0 Å². The predicted molar refractivity (Wildman–Crippen MR) is 70.8 cm³/mol. The van der Waals surface area contributed by atoms with Gasteiger partial charge in [-0.05, 0) is 31.4 Å². The second-order valence-corrected chi connectivity index (χ2v) is 5.17. The fourth-order valence-electron chi connectivity index (χ4n) is 2.64. The highest BCUT2D eigenvalue weighted by molar-refractivity contribution is 5.83. The second-order valence-electron chi connectivity index (χ2n) is 5.17. The number of carbonyl (C=O) groups is 1. The Hall–Kier alpha value is -1.42. The van der Waals surface area contributed by atoms with E-state index in [-0.39, 0.29) is 17.4 Å². The average Bonchev–Trinajstić information content (AvgIpc) is 2.89. The van der Waals surface area contributed by atoms with Crippen molar-refractivity contribution >= 4 is 5.91 Å². The Labute approximate surface area is 108 Å². The number of nitrogens with two attached hydrogens (primary N) is 1. The van der Waals surface area contributed by atoms with Crippen LogP contribution in [-0.4, -0.2) is 17.4 Å². The highest BCUT2D eigenvalue weighted by Crippen LogP contribution is 2.37. The second kappa shape index (κ2) is 5.48. The van der Waals surface area contributed by atoms with Gasteiger partial charge in [0.25, 0.3) is 0 Å². The molecule has 98 valence electrons. The lowest BCUT2D eigenvalue weighted by molar-refractivity contribution is -0.131. The molecule has 0 radical (unpaired) electrons. The molecule has 1 saturated carbocycles. The number of pyridine rings is 1. The highest BCUT2D eigenvalue weighted by atomic mass is 16.2. The number of amides is 1. The van der Waals surface area contributed by atoms with Gasteiger partial charge >= 0.3 is 0 Å². The Morgan fingerprint density at radius 3 is 2.83 bits per heavy atom. The maximum Gasteiger partial charge on any atom is 0.227 e. The summed E-state index contributed by atoms with van der Waals surface area (Å²) in [5.74, 6) is 0.0962. The fourth-order valence-corrected chi connectivity index (χ4v) is 2.64. The summed E-state index contributed by atoms with van der Waals surface area (Å²) >= 11 is 0. The Bertz CT molecular complexity index is 399. The zero-order chi connectivity index (χ0) is 13.0. The van der Waals surface area contributed by atoms with Gasteiger partial charge in [0, 0.05) is 18.9 Å². The number of nitrogens with zero attached hydrogens (tertiary/aromatic N) is 1. The molecular weight excluding hydrogens is 226 g/mol. The largest absolute Gasteiger partial charge is 0.349 e. The van der Waals surface area contributed by atoms with Crippen molar-refractivity contribution < 1.29 is 4.79 Å². The minimum absolute atomic E-state index is 0.0183. The Kier molecular flexibility index (Phi) is 3.97. The van der Waals surface area contributed by atoms with Gasteiger partial charge in [-0.15, -0.1) is 0 Å². The molecule has 0 aromatic carbocycles. The topological polar surface area (TPSA) is 68.0 Å². The molecule has 0 bridgehead atoms. The highest BCUT2D eigenvalue weighted by Gasteiger charge is 2.40. The molecule has 1 aliphatic rings. The van der Waals surface area contributed by atoms with E-state index in [1.54, 1.807) is 12.4 Å². The number of hydrogen-bond donors (Lipinski definition) is 2. The standard InChI is InChI=1S/C14H21N3O/c1-11(12-5-4-8-16-9-12)17-13(18)14(10-15)6-2-3-7-14/h4-5,8-9,11H,2-3,6-7,10,15H2,1H3,(H,17,18)/t11-/m0/s1. The summed E-state index contributed by atoms with van der Waals surface area (Å²) in [6.45, 7) is 2.42. The van der Waals surface area contributed by atoms with E-state index in [0.29, 0.717) is 6.54 Å². The van der Waals surface area contributed by atoms with Crippen LogP contribution in [0.3, 0.4) is 0 Å². The number of rotatable bonds is 4. The van der Waals surface area contributed by atoms with Crippen LogP contribution in [-0.2, 0) is 4.79 Å². The molecule has 2 rings (SSSR count). The van der Waals surface area contributed by atoms with E-state index in [4.69, 9.17) is 5.73 Å². The van der Waals surface area contributed by atoms with Crippen molar-refractivity contribution in [1.29, 1.82) is 0 Å². The van der Waals surface area contributed by atoms with Gasteiger partial charge < -0.3 is 11.1 Å². The number of nitrogens with one attached hydrogen (secondary N) is 1. The van der Waals surface area contributed by atoms with Gasteiger partial charge in [0.15, 0.2) is 0 Å². The van der Waals surface area contributed by atoms with Crippen molar-refractivity contribution in [2.24, 2.45) is 11.1 Å². The van der Waals surface area contributed by atoms with Crippen molar-refractivity contribution in [3.05, 3.63) is 30.1 Å². The van der Waals surface area contributed by atoms with Crippen LogP contribution in [0.5, 0.6) is 0 Å². The maximum absolute atomic E-state index is 12.4. The van der Waals surface area contributed by atoms with E-state index in [2.05, 4.69) is 10.3 Å². The zero-order valence-corrected chi connectivity index (χ0v) is 10.9. The quantitative estimate of drug-likeness (QED) is 0.852. The van der Waals surface area contributed by atoms with Gasteiger partial charge in [-0.25, -0.2) is 0 Å². The molecule has 0 aliphatic heterocycles. The molecule has 1 atom stereocenters. The summed E-state index contributed by atoms with van der Waals surface area (Å²) in [6.07, 6.45) is 7.55. The first kappa shape index (κ1) is 13.0. The lowest BCUT2D eigenvalue weighted by Gasteiger charge is -2.28. The zero-order valence-electron chi connectivity index (χ0n) is 10.9. The third kappa shape index (κ3) is 2.53. The van der Waals surface area contributed by atoms with E-state index in [0.717, 1.165) is 31.2 Å². The molecule has 0 unspecified atom stereocenters. The minimum atomic E-state index is -0.337. The van der Waals surface area contributed by atoms with Crippen LogP contribution in [0.1, 0.15) is 44.2 Å². The van der Waals surface area contributed by atoms with Crippen molar-refractivity contribution in [1.82, 2.24) is 10.3 Å². The van der Waals surface area contributed by atoms with Crippen molar-refractivity contribution in [3.8, 4) is 0 Å². The van der Waals surface area contributed by atoms with Crippen LogP contribution in [0, 0.1) is 5.41 Å². The maximum atomic E-state index is 12.4. The molecule has 0 spiro atoms. The smallest absolute Gasteiger partial charge is 0.227 e. The molecule has 3 N–H and O–H groups in total. The van der Waals surface area contributed by atoms with Gasteiger partial charge in [0.2, 0.25) is 5.91 Å². The monoisotopic (exact) mass is 247 g/mol. The van der Waals surface area contributed by atoms with Crippen molar-refractivity contribution in [3.63, 3.8) is 0 Å². The van der Waals surface area contributed by atoms with Crippen LogP contribution in [0.2, 0.25) is 0 Å². The number of aromatic nitrogens is 1. The SMILES string of the molecule is C[C@H](NC(=O)C1(CN)CCCC1)c1cccnc1. The van der Waals surface area contributed by atoms with Gasteiger partial charge in [-0.3, -0.25) is 9.78 Å². The van der Waals surface area contributed by atoms with E-state index >= 15 is 0 Å². The molecule has 18 heavy (non-hydrogen) atoms. The predicted octanol–water partition coefficient (Wildman–Crippen LogP) is 1.78. The molecule has 1 aromatic rings. The molecule has 4 nitrogen and oxygen atoms in total. The van der Waals surface area contributed by atoms with Crippen molar-refractivity contribution in [2.45, 2.75) is 38.6 Å². The molecule has 1 amide bonds. The molecule has 1 fully saturated rings. The van der Waals surface area contributed by atoms with Gasteiger partial charge in [-0.1, -0.05) is 18.9 Å². The van der Waals surface area contributed by atoms with Crippen LogP contribution in [0.25, 0.3) is 0 Å². The Morgan fingerprint density at radius 1 is 1.56 bits per heavy atom. The lowest BCUT2D eigenvalue weighted by Crippen LogP contribution is -2.44. The van der Waals surface area contributed by atoms with E-state index in [1.165, 1.54) is 0 Å². The lowest BCUT2D eigenvalue weighted by atomic mass is 9.85. The average molecular weight is 247 g/mol. The first-order valence-corrected chi connectivity index (χ1v) is 6.59. The van der Waals surface area contributed by atoms with Crippen LogP contribution < -0.4 is 11.1 Å². The van der Waals surface area contributed by atoms with Crippen LogP contribution in [0.4, 0.5) is 0 Å². The Morgan fingerprint density at radius 2 is 2.28 bits per heavy atom. The molecular formula is C14H21N3O. The van der Waals surface area contributed by atoms with Gasteiger partial charge in [0.05, 0.1) is 11.5 Å². The first-order valence-electron chi connectivity index (χ1n) is 6.59. The Balaban J connectivity index is 2.03. The summed E-state index contributed by atoms with van der Waals surface area (Å²) in [7, 11) is 0. The normalized spacial score (nSPS) is 19.4. The van der Waals surface area contributed by atoms with Crippen LogP contribution in [0.15, 0.2) is 24.5 Å². The molecule has 4 heteroatoms. The molecule has 1 aromatic heterocycles. The number of carbonyl (C=O) groups excluding carboxylic acids is 1. The summed E-state index contributed by atoms with van der Waals surface area (Å²) in [5, 5.41) is 3.07. The van der Waals surface area contributed by atoms with Crippen molar-refractivity contribution in [2.75, 3.05) is 6.54 Å². The minimum Gasteiger partial charge on any atom is -0.349 e. The summed E-state index contributed by atoms with van der Waals surface area (Å²) < 4.78 is 0. The summed E-state index contributed by atoms with van der Waals surface area (Å²) in [6, 6.07) is 3.84. The molecule has 0 saturated heterocycles. The van der Waals surface area contributed by atoms with Gasteiger partial charge in [-0.2, -0.15) is 0 Å².